The summed E-state index contributed by atoms with van der Waals surface area (Å²) in [6, 6.07) is 11.2. The third-order valence-corrected chi connectivity index (χ3v) is 5.60. The van der Waals surface area contributed by atoms with Gasteiger partial charge in [0.1, 0.15) is 5.69 Å². The Hall–Kier alpha value is -2.47. The van der Waals surface area contributed by atoms with Crippen molar-refractivity contribution in [2.75, 3.05) is 33.3 Å². The van der Waals surface area contributed by atoms with Gasteiger partial charge in [-0.25, -0.2) is 4.98 Å². The summed E-state index contributed by atoms with van der Waals surface area (Å²) in [6.45, 7) is 3.24. The van der Waals surface area contributed by atoms with E-state index in [1.165, 1.54) is 0 Å². The number of aromatic nitrogens is 2. The lowest BCUT2D eigenvalue weighted by molar-refractivity contribution is -0.0697. The Kier molecular flexibility index (Phi) is 4.59. The average molecular weight is 352 g/mol. The van der Waals surface area contributed by atoms with E-state index in [1.807, 2.05) is 35.2 Å². The Morgan fingerprint density at radius 1 is 1.19 bits per heavy atom. The molecule has 1 spiro atoms. The number of carbonyl (C=O) groups excluding carboxylic acids is 1. The number of nitrogens with zero attached hydrogens (tertiary/aromatic N) is 4. The van der Waals surface area contributed by atoms with Crippen molar-refractivity contribution >= 4 is 5.91 Å². The molecule has 0 bridgehead atoms. The van der Waals surface area contributed by atoms with Gasteiger partial charge in [0.2, 0.25) is 5.88 Å². The van der Waals surface area contributed by atoms with Gasteiger partial charge in [0, 0.05) is 31.5 Å². The fourth-order valence-corrected chi connectivity index (χ4v) is 4.02. The number of rotatable bonds is 4. The first-order valence-electron chi connectivity index (χ1n) is 9.12. The van der Waals surface area contributed by atoms with Crippen LogP contribution < -0.4 is 4.74 Å². The van der Waals surface area contributed by atoms with Crippen molar-refractivity contribution in [3.63, 3.8) is 0 Å². The molecule has 1 amide bonds. The number of amides is 1. The first-order chi connectivity index (χ1) is 12.7. The highest BCUT2D eigenvalue weighted by Gasteiger charge is 2.51. The van der Waals surface area contributed by atoms with Crippen molar-refractivity contribution in [3.8, 4) is 5.88 Å². The van der Waals surface area contributed by atoms with Crippen molar-refractivity contribution in [2.24, 2.45) is 5.92 Å². The molecular formula is C20H24N4O2. The summed E-state index contributed by atoms with van der Waals surface area (Å²) in [5, 5.41) is 0. The minimum Gasteiger partial charge on any atom is -0.477 e. The molecule has 2 aliphatic rings. The Morgan fingerprint density at radius 2 is 1.96 bits per heavy atom. The fourth-order valence-electron chi connectivity index (χ4n) is 4.02. The number of likely N-dealkylation sites (tertiary alicyclic amines) is 2. The predicted octanol–water partition coefficient (Wildman–Crippen LogP) is 2.09. The maximum atomic E-state index is 12.6. The van der Waals surface area contributed by atoms with Gasteiger partial charge >= 0.3 is 0 Å². The van der Waals surface area contributed by atoms with Crippen LogP contribution in [-0.2, 0) is 0 Å². The fraction of sp³-hybridized carbons (Fsp3) is 0.450. The van der Waals surface area contributed by atoms with E-state index in [4.69, 9.17) is 4.74 Å². The van der Waals surface area contributed by atoms with Gasteiger partial charge in [-0.2, -0.15) is 0 Å². The average Bonchev–Trinajstić information content (AvgIpc) is 2.67. The second-order valence-corrected chi connectivity index (χ2v) is 7.36. The van der Waals surface area contributed by atoms with Crippen LogP contribution in [0.4, 0.5) is 0 Å². The van der Waals surface area contributed by atoms with Crippen molar-refractivity contribution in [2.45, 2.75) is 18.4 Å². The lowest BCUT2D eigenvalue weighted by Gasteiger charge is -2.58. The third kappa shape index (κ3) is 3.29. The predicted molar refractivity (Wildman–Crippen MR) is 98.0 cm³/mol. The molecule has 2 aromatic heterocycles. The minimum absolute atomic E-state index is 0.0245. The maximum Gasteiger partial charge on any atom is 0.272 e. The lowest BCUT2D eigenvalue weighted by atomic mass is 9.75. The SMILES string of the molecule is CN1CCC(COc2ccccn2)CC12CN(C(=O)c1ccccn1)C2. The number of carbonyl (C=O) groups is 1. The number of ether oxygens (including phenoxy) is 1. The Labute approximate surface area is 153 Å². The van der Waals surface area contributed by atoms with E-state index in [9.17, 15) is 4.79 Å². The Morgan fingerprint density at radius 3 is 2.65 bits per heavy atom. The standard InChI is InChI=1S/C20H24N4O2/c1-23-11-8-16(13-26-18-7-3-5-10-22-18)12-20(23)14-24(15-20)19(25)17-6-2-4-9-21-17/h2-7,9-10,16H,8,11-15H2,1H3. The van der Waals surface area contributed by atoms with E-state index in [1.54, 1.807) is 18.5 Å². The van der Waals surface area contributed by atoms with Crippen LogP contribution in [0.2, 0.25) is 0 Å². The van der Waals surface area contributed by atoms with Gasteiger partial charge in [0.15, 0.2) is 0 Å². The quantitative estimate of drug-likeness (QED) is 0.843. The smallest absolute Gasteiger partial charge is 0.272 e. The molecule has 1 unspecified atom stereocenters. The molecule has 0 aliphatic carbocycles. The Balaban J connectivity index is 1.35. The molecule has 26 heavy (non-hydrogen) atoms. The van der Waals surface area contributed by atoms with Crippen molar-refractivity contribution < 1.29 is 9.53 Å². The molecule has 0 saturated carbocycles. The van der Waals surface area contributed by atoms with Gasteiger partial charge < -0.3 is 9.64 Å². The van der Waals surface area contributed by atoms with Crippen LogP contribution in [0.5, 0.6) is 5.88 Å². The lowest BCUT2D eigenvalue weighted by Crippen LogP contribution is -2.72. The van der Waals surface area contributed by atoms with Crippen LogP contribution in [0.3, 0.4) is 0 Å². The van der Waals surface area contributed by atoms with Gasteiger partial charge in [-0.3, -0.25) is 14.7 Å². The molecule has 2 aliphatic heterocycles. The zero-order valence-electron chi connectivity index (χ0n) is 15.0. The first-order valence-corrected chi connectivity index (χ1v) is 9.12. The van der Waals surface area contributed by atoms with E-state index in [-0.39, 0.29) is 11.4 Å². The van der Waals surface area contributed by atoms with Crippen LogP contribution >= 0.6 is 0 Å². The second kappa shape index (κ2) is 7.03. The summed E-state index contributed by atoms with van der Waals surface area (Å²) in [6.07, 6.45) is 5.57. The highest BCUT2D eigenvalue weighted by atomic mass is 16.5. The molecule has 136 valence electrons. The monoisotopic (exact) mass is 352 g/mol. The number of likely N-dealkylation sites (N-methyl/N-ethyl adjacent to an activating group) is 1. The molecule has 0 N–H and O–H groups in total. The zero-order valence-corrected chi connectivity index (χ0v) is 15.0. The van der Waals surface area contributed by atoms with E-state index in [0.29, 0.717) is 24.1 Å². The van der Waals surface area contributed by atoms with Crippen molar-refractivity contribution in [1.29, 1.82) is 0 Å². The van der Waals surface area contributed by atoms with Crippen LogP contribution in [0, 0.1) is 5.92 Å². The van der Waals surface area contributed by atoms with Gasteiger partial charge in [0.25, 0.3) is 5.91 Å². The summed E-state index contributed by atoms with van der Waals surface area (Å²) in [4.78, 5) is 25.3. The minimum atomic E-state index is 0.0245. The third-order valence-electron chi connectivity index (χ3n) is 5.60. The molecule has 6 heteroatoms. The summed E-state index contributed by atoms with van der Waals surface area (Å²) in [5.41, 5.74) is 0.594. The summed E-state index contributed by atoms with van der Waals surface area (Å²) in [7, 11) is 2.17. The van der Waals surface area contributed by atoms with E-state index in [2.05, 4.69) is 21.9 Å². The molecule has 0 aromatic carbocycles. The molecule has 2 saturated heterocycles. The van der Waals surface area contributed by atoms with Crippen LogP contribution in [0.25, 0.3) is 0 Å². The first kappa shape index (κ1) is 17.0. The molecule has 0 radical (unpaired) electrons. The van der Waals surface area contributed by atoms with Crippen molar-refractivity contribution in [3.05, 3.63) is 54.5 Å². The van der Waals surface area contributed by atoms with E-state index in [0.717, 1.165) is 32.5 Å². The molecular weight excluding hydrogens is 328 g/mol. The highest BCUT2D eigenvalue weighted by Crippen LogP contribution is 2.38. The number of piperidine rings is 1. The summed E-state index contributed by atoms with van der Waals surface area (Å²) >= 11 is 0. The largest absolute Gasteiger partial charge is 0.477 e. The topological polar surface area (TPSA) is 58.6 Å². The zero-order chi connectivity index (χ0) is 18.0. The highest BCUT2D eigenvalue weighted by molar-refractivity contribution is 5.93. The molecule has 6 nitrogen and oxygen atoms in total. The van der Waals surface area contributed by atoms with E-state index >= 15 is 0 Å². The van der Waals surface area contributed by atoms with Crippen LogP contribution in [0.15, 0.2) is 48.8 Å². The van der Waals surface area contributed by atoms with Crippen LogP contribution in [-0.4, -0.2) is 64.5 Å². The summed E-state index contributed by atoms with van der Waals surface area (Å²) in [5.74, 6) is 1.19. The second-order valence-electron chi connectivity index (χ2n) is 7.36. The van der Waals surface area contributed by atoms with Crippen molar-refractivity contribution in [1.82, 2.24) is 19.8 Å². The number of hydrogen-bond donors (Lipinski definition) is 0. The normalized spacial score (nSPS) is 22.0. The number of pyridine rings is 2. The molecule has 1 atom stereocenters. The van der Waals surface area contributed by atoms with Gasteiger partial charge in [-0.15, -0.1) is 0 Å². The molecule has 4 heterocycles. The number of hydrogen-bond acceptors (Lipinski definition) is 5. The molecule has 2 fully saturated rings. The maximum absolute atomic E-state index is 12.6. The van der Waals surface area contributed by atoms with Gasteiger partial charge in [-0.05, 0) is 50.6 Å². The van der Waals surface area contributed by atoms with Gasteiger partial charge in [-0.1, -0.05) is 12.1 Å². The molecule has 2 aromatic rings. The summed E-state index contributed by atoms with van der Waals surface area (Å²) < 4.78 is 5.87. The van der Waals surface area contributed by atoms with Crippen LogP contribution in [0.1, 0.15) is 23.3 Å². The van der Waals surface area contributed by atoms with Gasteiger partial charge in [0.05, 0.1) is 12.1 Å². The molecule has 4 rings (SSSR count). The Bertz CT molecular complexity index is 747. The van der Waals surface area contributed by atoms with E-state index < -0.39 is 0 Å².